The number of aromatic nitrogens is 1. The first kappa shape index (κ1) is 15.4. The lowest BCUT2D eigenvalue weighted by molar-refractivity contribution is -0.136. The van der Waals surface area contributed by atoms with Gasteiger partial charge in [0.1, 0.15) is 5.82 Å². The molecule has 2 amide bonds. The van der Waals surface area contributed by atoms with Gasteiger partial charge in [0.15, 0.2) is 0 Å². The van der Waals surface area contributed by atoms with E-state index in [-0.39, 0.29) is 0 Å². The van der Waals surface area contributed by atoms with Crippen LogP contribution in [0.3, 0.4) is 0 Å². The summed E-state index contributed by atoms with van der Waals surface area (Å²) in [6.07, 6.45) is 1.63. The predicted octanol–water partition coefficient (Wildman–Crippen LogP) is -0.223. The van der Waals surface area contributed by atoms with E-state index < -0.39 is 11.8 Å². The Kier molecular flexibility index (Phi) is 5.65. The molecule has 2 heterocycles. The third-order valence-electron chi connectivity index (χ3n) is 3.18. The molecule has 21 heavy (non-hydrogen) atoms. The van der Waals surface area contributed by atoms with Crippen LogP contribution in [-0.2, 0) is 14.3 Å². The number of hydrogen-bond acceptors (Lipinski definition) is 5. The Morgan fingerprint density at radius 2 is 2.05 bits per heavy atom. The number of carbonyl (C=O) groups excluding carboxylic acids is 2. The summed E-state index contributed by atoms with van der Waals surface area (Å²) >= 11 is 0. The minimum Gasteiger partial charge on any atom is -0.379 e. The number of pyridine rings is 1. The Bertz CT molecular complexity index is 483. The second-order valence-corrected chi connectivity index (χ2v) is 4.88. The monoisotopic (exact) mass is 292 g/mol. The van der Waals surface area contributed by atoms with Crippen LogP contribution in [0.4, 0.5) is 5.82 Å². The van der Waals surface area contributed by atoms with E-state index in [1.165, 1.54) is 0 Å². The number of anilines is 1. The number of nitrogens with zero attached hydrogens (tertiary/aromatic N) is 2. The summed E-state index contributed by atoms with van der Waals surface area (Å²) < 4.78 is 5.24. The molecular weight excluding hydrogens is 272 g/mol. The van der Waals surface area contributed by atoms with E-state index >= 15 is 0 Å². The van der Waals surface area contributed by atoms with Crippen LogP contribution < -0.4 is 10.6 Å². The summed E-state index contributed by atoms with van der Waals surface area (Å²) in [5, 5.41) is 5.06. The van der Waals surface area contributed by atoms with E-state index in [2.05, 4.69) is 20.5 Å². The van der Waals surface area contributed by atoms with Crippen LogP contribution in [0.15, 0.2) is 18.3 Å². The molecule has 0 unspecified atom stereocenters. The van der Waals surface area contributed by atoms with Crippen molar-refractivity contribution in [2.75, 3.05) is 44.7 Å². The summed E-state index contributed by atoms with van der Waals surface area (Å²) in [5.41, 5.74) is 0.989. The molecule has 114 valence electrons. The van der Waals surface area contributed by atoms with Gasteiger partial charge < -0.3 is 15.4 Å². The molecule has 1 saturated heterocycles. The maximum absolute atomic E-state index is 11.7. The first-order chi connectivity index (χ1) is 10.1. The quantitative estimate of drug-likeness (QED) is 0.750. The molecule has 0 radical (unpaired) electrons. The van der Waals surface area contributed by atoms with E-state index in [0.29, 0.717) is 32.1 Å². The van der Waals surface area contributed by atoms with Crippen molar-refractivity contribution in [2.24, 2.45) is 0 Å². The van der Waals surface area contributed by atoms with Gasteiger partial charge in [-0.15, -0.1) is 0 Å². The van der Waals surface area contributed by atoms with Crippen molar-refractivity contribution in [1.29, 1.82) is 0 Å². The van der Waals surface area contributed by atoms with Gasteiger partial charge in [0.05, 0.1) is 13.2 Å². The lowest BCUT2D eigenvalue weighted by Gasteiger charge is -2.26. The number of morpholine rings is 1. The van der Waals surface area contributed by atoms with Crippen LogP contribution in [0.25, 0.3) is 0 Å². The second kappa shape index (κ2) is 7.70. The van der Waals surface area contributed by atoms with Crippen molar-refractivity contribution in [3.63, 3.8) is 0 Å². The topological polar surface area (TPSA) is 83.6 Å². The minimum atomic E-state index is -0.701. The first-order valence-corrected chi connectivity index (χ1v) is 6.97. The van der Waals surface area contributed by atoms with Crippen LogP contribution >= 0.6 is 0 Å². The highest BCUT2D eigenvalue weighted by molar-refractivity contribution is 6.39. The summed E-state index contributed by atoms with van der Waals surface area (Å²) in [6.45, 7) is 6.20. The van der Waals surface area contributed by atoms with Gasteiger partial charge in [0, 0.05) is 32.4 Å². The fourth-order valence-electron chi connectivity index (χ4n) is 1.95. The molecule has 0 bridgehead atoms. The molecule has 0 spiro atoms. The Labute approximate surface area is 123 Å². The summed E-state index contributed by atoms with van der Waals surface area (Å²) in [4.78, 5) is 29.5. The SMILES string of the molecule is Cc1ccc(NC(=O)C(=O)NCCN2CCOCC2)nc1. The maximum atomic E-state index is 11.7. The number of ether oxygens (including phenoxy) is 1. The third-order valence-corrected chi connectivity index (χ3v) is 3.18. The van der Waals surface area contributed by atoms with Gasteiger partial charge in [-0.2, -0.15) is 0 Å². The van der Waals surface area contributed by atoms with Gasteiger partial charge in [-0.3, -0.25) is 14.5 Å². The number of rotatable bonds is 4. The van der Waals surface area contributed by atoms with Crippen LogP contribution in [0.2, 0.25) is 0 Å². The predicted molar refractivity (Wildman–Crippen MR) is 77.9 cm³/mol. The zero-order valence-corrected chi connectivity index (χ0v) is 12.1. The molecule has 0 atom stereocenters. The van der Waals surface area contributed by atoms with Crippen molar-refractivity contribution in [2.45, 2.75) is 6.92 Å². The Balaban J connectivity index is 1.69. The van der Waals surface area contributed by atoms with Gasteiger partial charge in [0.2, 0.25) is 0 Å². The second-order valence-electron chi connectivity index (χ2n) is 4.88. The Morgan fingerprint density at radius 3 is 2.71 bits per heavy atom. The zero-order chi connectivity index (χ0) is 15.1. The van der Waals surface area contributed by atoms with Crippen LogP contribution in [0.1, 0.15) is 5.56 Å². The van der Waals surface area contributed by atoms with Crippen molar-refractivity contribution in [1.82, 2.24) is 15.2 Å². The van der Waals surface area contributed by atoms with E-state index in [1.54, 1.807) is 12.3 Å². The molecule has 2 N–H and O–H groups in total. The molecule has 7 heteroatoms. The van der Waals surface area contributed by atoms with Gasteiger partial charge in [-0.1, -0.05) is 6.07 Å². The largest absolute Gasteiger partial charge is 0.379 e. The molecule has 0 aliphatic carbocycles. The maximum Gasteiger partial charge on any atom is 0.314 e. The highest BCUT2D eigenvalue weighted by Gasteiger charge is 2.15. The third kappa shape index (κ3) is 5.13. The molecule has 0 aromatic carbocycles. The zero-order valence-electron chi connectivity index (χ0n) is 12.1. The molecule has 1 aliphatic heterocycles. The number of carbonyl (C=O) groups is 2. The minimum absolute atomic E-state index is 0.369. The van der Waals surface area contributed by atoms with E-state index in [1.807, 2.05) is 13.0 Å². The molecule has 1 aliphatic rings. The van der Waals surface area contributed by atoms with Crippen molar-refractivity contribution < 1.29 is 14.3 Å². The average molecular weight is 292 g/mol. The normalized spacial score (nSPS) is 15.5. The lowest BCUT2D eigenvalue weighted by atomic mass is 10.3. The fourth-order valence-corrected chi connectivity index (χ4v) is 1.95. The molecule has 1 fully saturated rings. The fraction of sp³-hybridized carbons (Fsp3) is 0.500. The van der Waals surface area contributed by atoms with Crippen molar-refractivity contribution in [3.05, 3.63) is 23.9 Å². The van der Waals surface area contributed by atoms with Crippen molar-refractivity contribution >= 4 is 17.6 Å². The first-order valence-electron chi connectivity index (χ1n) is 6.97. The van der Waals surface area contributed by atoms with Crippen LogP contribution in [0.5, 0.6) is 0 Å². The van der Waals surface area contributed by atoms with E-state index in [4.69, 9.17) is 4.74 Å². The summed E-state index contributed by atoms with van der Waals surface area (Å²) in [5.74, 6) is -0.979. The van der Waals surface area contributed by atoms with E-state index in [9.17, 15) is 9.59 Å². The van der Waals surface area contributed by atoms with Gasteiger partial charge >= 0.3 is 11.8 Å². The summed E-state index contributed by atoms with van der Waals surface area (Å²) in [7, 11) is 0. The lowest BCUT2D eigenvalue weighted by Crippen LogP contribution is -2.43. The molecule has 1 aromatic rings. The Morgan fingerprint density at radius 1 is 1.29 bits per heavy atom. The summed E-state index contributed by atoms with van der Waals surface area (Å²) in [6, 6.07) is 3.48. The smallest absolute Gasteiger partial charge is 0.314 e. The molecular formula is C14H20N4O3. The molecule has 0 saturated carbocycles. The Hall–Kier alpha value is -1.99. The van der Waals surface area contributed by atoms with Gasteiger partial charge in [0.25, 0.3) is 0 Å². The highest BCUT2D eigenvalue weighted by Crippen LogP contribution is 2.03. The average Bonchev–Trinajstić information content (AvgIpc) is 2.50. The van der Waals surface area contributed by atoms with Gasteiger partial charge in [-0.05, 0) is 18.6 Å². The molecule has 2 rings (SSSR count). The van der Waals surface area contributed by atoms with Crippen molar-refractivity contribution in [3.8, 4) is 0 Å². The van der Waals surface area contributed by atoms with Crippen LogP contribution in [0, 0.1) is 6.92 Å². The standard InChI is InChI=1S/C14H20N4O3/c1-11-2-3-12(16-10-11)17-14(20)13(19)15-4-5-18-6-8-21-9-7-18/h2-3,10H,4-9H2,1H3,(H,15,19)(H,16,17,20). The number of hydrogen-bond donors (Lipinski definition) is 2. The highest BCUT2D eigenvalue weighted by atomic mass is 16.5. The molecule has 1 aromatic heterocycles. The molecule has 7 nitrogen and oxygen atoms in total. The van der Waals surface area contributed by atoms with Crippen LogP contribution in [-0.4, -0.2) is 61.1 Å². The number of aryl methyl sites for hydroxylation is 1. The number of amides is 2. The van der Waals surface area contributed by atoms with Gasteiger partial charge in [-0.25, -0.2) is 4.98 Å². The van der Waals surface area contributed by atoms with E-state index in [0.717, 1.165) is 18.7 Å². The number of nitrogens with one attached hydrogen (secondary N) is 2.